The predicted molar refractivity (Wildman–Crippen MR) is 105 cm³/mol. The maximum atomic E-state index is 11.8. The summed E-state index contributed by atoms with van der Waals surface area (Å²) in [6.45, 7) is 2.20. The predicted octanol–water partition coefficient (Wildman–Crippen LogP) is 3.51. The summed E-state index contributed by atoms with van der Waals surface area (Å²) in [7, 11) is 0. The van der Waals surface area contributed by atoms with E-state index in [0.29, 0.717) is 18.7 Å². The molecule has 2 aromatic rings. The van der Waals surface area contributed by atoms with Crippen LogP contribution in [0.15, 0.2) is 54.6 Å². The molecule has 0 saturated heterocycles. The van der Waals surface area contributed by atoms with Gasteiger partial charge in [0.2, 0.25) is 0 Å². The minimum Gasteiger partial charge on any atom is -0.482 e. The third-order valence-corrected chi connectivity index (χ3v) is 4.02. The Morgan fingerprint density at radius 2 is 1.67 bits per heavy atom. The van der Waals surface area contributed by atoms with Crippen LogP contribution in [-0.2, 0) is 20.7 Å². The first-order valence-electron chi connectivity index (χ1n) is 9.36. The van der Waals surface area contributed by atoms with Crippen molar-refractivity contribution in [2.24, 2.45) is 0 Å². The number of esters is 1. The van der Waals surface area contributed by atoms with E-state index in [1.165, 1.54) is 0 Å². The Balaban J connectivity index is 1.76. The molecule has 2 rings (SSSR count). The molecule has 144 valence electrons. The molecular formula is C22H27NO4. The number of carbonyl (C=O) groups is 2. The van der Waals surface area contributed by atoms with Gasteiger partial charge in [0.1, 0.15) is 5.75 Å². The lowest BCUT2D eigenvalue weighted by molar-refractivity contribution is -0.150. The van der Waals surface area contributed by atoms with E-state index in [0.717, 1.165) is 30.4 Å². The van der Waals surface area contributed by atoms with E-state index in [2.05, 4.69) is 12.2 Å². The number of hydrogen-bond donors (Lipinski definition) is 1. The van der Waals surface area contributed by atoms with E-state index < -0.39 is 5.97 Å². The van der Waals surface area contributed by atoms with Gasteiger partial charge >= 0.3 is 5.97 Å². The lowest BCUT2D eigenvalue weighted by Gasteiger charge is -2.11. The maximum Gasteiger partial charge on any atom is 0.344 e. The molecule has 5 heteroatoms. The summed E-state index contributed by atoms with van der Waals surface area (Å²) in [5.74, 6) is -0.209. The Hall–Kier alpha value is -2.82. The second-order valence-corrected chi connectivity index (χ2v) is 6.28. The zero-order valence-corrected chi connectivity index (χ0v) is 15.8. The number of para-hydroxylation sites is 1. The molecule has 2 aromatic carbocycles. The van der Waals surface area contributed by atoms with Crippen molar-refractivity contribution in [3.8, 4) is 5.75 Å². The first-order valence-corrected chi connectivity index (χ1v) is 9.36. The third-order valence-electron chi connectivity index (χ3n) is 4.02. The van der Waals surface area contributed by atoms with Crippen molar-refractivity contribution < 1.29 is 19.1 Å². The highest BCUT2D eigenvalue weighted by Gasteiger charge is 2.10. The van der Waals surface area contributed by atoms with Crippen LogP contribution < -0.4 is 10.1 Å². The van der Waals surface area contributed by atoms with Crippen LogP contribution in [0.5, 0.6) is 5.75 Å². The van der Waals surface area contributed by atoms with E-state index in [1.54, 1.807) is 0 Å². The molecular weight excluding hydrogens is 342 g/mol. The molecule has 0 unspecified atom stereocenters. The fourth-order valence-corrected chi connectivity index (χ4v) is 2.58. The van der Waals surface area contributed by atoms with Crippen molar-refractivity contribution in [1.29, 1.82) is 0 Å². The molecule has 0 bridgehead atoms. The number of unbranched alkanes of at least 4 members (excludes halogenated alkanes) is 2. The van der Waals surface area contributed by atoms with Gasteiger partial charge in [0.15, 0.2) is 13.2 Å². The van der Waals surface area contributed by atoms with E-state index in [4.69, 9.17) is 9.47 Å². The number of nitrogens with one attached hydrogen (secondary N) is 1. The number of benzene rings is 2. The fourth-order valence-electron chi connectivity index (χ4n) is 2.58. The minimum absolute atomic E-state index is 0.227. The lowest BCUT2D eigenvalue weighted by atomic mass is 10.0. The Bertz CT molecular complexity index is 715. The first-order chi connectivity index (χ1) is 13.2. The summed E-state index contributed by atoms with van der Waals surface area (Å²) in [5.41, 5.74) is 2.15. The molecule has 27 heavy (non-hydrogen) atoms. The number of carbonyl (C=O) groups excluding carboxylic acids is 2. The highest BCUT2D eigenvalue weighted by atomic mass is 16.6. The van der Waals surface area contributed by atoms with Crippen LogP contribution in [0.4, 0.5) is 0 Å². The fraction of sp³-hybridized carbons (Fsp3) is 0.364. The van der Waals surface area contributed by atoms with Crippen molar-refractivity contribution >= 4 is 11.9 Å². The average Bonchev–Trinajstić information content (AvgIpc) is 2.70. The highest BCUT2D eigenvalue weighted by Crippen LogP contribution is 2.21. The van der Waals surface area contributed by atoms with Crippen LogP contribution >= 0.6 is 0 Å². The zero-order valence-electron chi connectivity index (χ0n) is 15.8. The molecule has 0 fully saturated rings. The van der Waals surface area contributed by atoms with Gasteiger partial charge in [0, 0.05) is 13.0 Å². The average molecular weight is 369 g/mol. The lowest BCUT2D eigenvalue weighted by Crippen LogP contribution is -2.30. The van der Waals surface area contributed by atoms with Crippen LogP contribution in [0.3, 0.4) is 0 Å². The summed E-state index contributed by atoms with van der Waals surface area (Å²) in [6.07, 6.45) is 3.80. The second-order valence-electron chi connectivity index (χ2n) is 6.28. The first kappa shape index (κ1) is 20.5. The quantitative estimate of drug-likeness (QED) is 0.486. The van der Waals surface area contributed by atoms with Crippen LogP contribution in [0.2, 0.25) is 0 Å². The summed E-state index contributed by atoms with van der Waals surface area (Å²) in [5, 5.41) is 2.73. The molecule has 0 radical (unpaired) electrons. The smallest absolute Gasteiger partial charge is 0.344 e. The number of hydrogen-bond acceptors (Lipinski definition) is 4. The Morgan fingerprint density at radius 3 is 2.44 bits per heavy atom. The molecule has 0 aliphatic heterocycles. The van der Waals surface area contributed by atoms with Gasteiger partial charge in [0.25, 0.3) is 5.91 Å². The van der Waals surface area contributed by atoms with Gasteiger partial charge in [-0.3, -0.25) is 4.79 Å². The van der Waals surface area contributed by atoms with Crippen molar-refractivity contribution in [3.63, 3.8) is 0 Å². The van der Waals surface area contributed by atoms with Gasteiger partial charge in [-0.2, -0.15) is 0 Å². The number of ether oxygens (including phenoxy) is 2. The largest absolute Gasteiger partial charge is 0.482 e. The monoisotopic (exact) mass is 369 g/mol. The van der Waals surface area contributed by atoms with Gasteiger partial charge < -0.3 is 14.8 Å². The Morgan fingerprint density at radius 1 is 0.926 bits per heavy atom. The highest BCUT2D eigenvalue weighted by molar-refractivity contribution is 5.80. The molecule has 0 aliphatic rings. The second kappa shape index (κ2) is 11.7. The Kier molecular flexibility index (Phi) is 8.90. The summed E-state index contributed by atoms with van der Waals surface area (Å²) >= 11 is 0. The Labute approximate surface area is 160 Å². The van der Waals surface area contributed by atoms with Crippen molar-refractivity contribution in [3.05, 3.63) is 65.7 Å². The van der Waals surface area contributed by atoms with Crippen molar-refractivity contribution in [1.82, 2.24) is 5.32 Å². The van der Waals surface area contributed by atoms with E-state index >= 15 is 0 Å². The maximum absolute atomic E-state index is 11.8. The topological polar surface area (TPSA) is 64.6 Å². The van der Waals surface area contributed by atoms with Gasteiger partial charge in [-0.15, -0.1) is 0 Å². The van der Waals surface area contributed by atoms with Crippen LogP contribution in [0, 0.1) is 0 Å². The van der Waals surface area contributed by atoms with E-state index in [9.17, 15) is 9.59 Å². The van der Waals surface area contributed by atoms with Gasteiger partial charge in [-0.25, -0.2) is 4.79 Å². The van der Waals surface area contributed by atoms with Crippen LogP contribution in [0.25, 0.3) is 0 Å². The summed E-state index contributed by atoms with van der Waals surface area (Å²) in [4.78, 5) is 23.5. The van der Waals surface area contributed by atoms with Gasteiger partial charge in [-0.1, -0.05) is 68.3 Å². The van der Waals surface area contributed by atoms with E-state index in [1.807, 2.05) is 54.6 Å². The normalized spacial score (nSPS) is 10.3. The summed E-state index contributed by atoms with van der Waals surface area (Å²) < 4.78 is 10.6. The van der Waals surface area contributed by atoms with Crippen molar-refractivity contribution in [2.75, 3.05) is 19.8 Å². The molecule has 1 amide bonds. The molecule has 0 heterocycles. The van der Waals surface area contributed by atoms with Crippen molar-refractivity contribution in [2.45, 2.75) is 32.6 Å². The van der Waals surface area contributed by atoms with E-state index in [-0.39, 0.29) is 19.1 Å². The molecule has 0 saturated carbocycles. The third kappa shape index (κ3) is 7.94. The number of amides is 1. The standard InChI is InChI=1S/C22H27NO4/c1-2-3-9-14-23-21(24)16-27-22(25)17-26-20-13-8-7-12-19(20)15-18-10-5-4-6-11-18/h4-8,10-13H,2-3,9,14-17H2,1H3,(H,23,24). The SMILES string of the molecule is CCCCCNC(=O)COC(=O)COc1ccccc1Cc1ccccc1. The molecule has 0 spiro atoms. The zero-order chi connectivity index (χ0) is 19.3. The van der Waals surface area contributed by atoms with Crippen LogP contribution in [0.1, 0.15) is 37.3 Å². The van der Waals surface area contributed by atoms with Crippen LogP contribution in [-0.4, -0.2) is 31.6 Å². The van der Waals surface area contributed by atoms with Gasteiger partial charge in [-0.05, 0) is 23.6 Å². The molecule has 5 nitrogen and oxygen atoms in total. The number of rotatable bonds is 11. The molecule has 0 aliphatic carbocycles. The van der Waals surface area contributed by atoms with Gasteiger partial charge in [0.05, 0.1) is 0 Å². The molecule has 1 N–H and O–H groups in total. The molecule has 0 atom stereocenters. The minimum atomic E-state index is -0.562. The summed E-state index contributed by atoms with van der Waals surface area (Å²) in [6, 6.07) is 17.6. The molecule has 0 aromatic heterocycles.